The molecule has 3 rings (SSSR count). The van der Waals surface area contributed by atoms with Gasteiger partial charge in [0.25, 0.3) is 5.91 Å². The fourth-order valence-corrected chi connectivity index (χ4v) is 4.95. The predicted octanol–water partition coefficient (Wildman–Crippen LogP) is 3.12. The van der Waals surface area contributed by atoms with E-state index in [4.69, 9.17) is 0 Å². The minimum absolute atomic E-state index is 0.0514. The van der Waals surface area contributed by atoms with Gasteiger partial charge in [-0.05, 0) is 56.2 Å². The van der Waals surface area contributed by atoms with Crippen LogP contribution in [-0.2, 0) is 10.0 Å². The molecule has 0 atom stereocenters. The zero-order chi connectivity index (χ0) is 17.9. The van der Waals surface area contributed by atoms with E-state index < -0.39 is 10.0 Å². The number of sulfonamides is 1. The minimum Gasteiger partial charge on any atom is -0.338 e. The molecule has 1 saturated heterocycles. The van der Waals surface area contributed by atoms with Gasteiger partial charge >= 0.3 is 0 Å². The van der Waals surface area contributed by atoms with Crippen LogP contribution in [0, 0.1) is 5.92 Å². The molecule has 1 heterocycles. The highest BCUT2D eigenvalue weighted by Crippen LogP contribution is 2.30. The standard InChI is InChI=1S/C19H28N2O3S/c1-2-11-20(15-16-9-10-16)19(22)17-7-6-8-18(14-17)25(23,24)21-12-4-3-5-13-21/h6-8,14,16H,2-5,9-13,15H2,1H3. The monoisotopic (exact) mass is 364 g/mol. The van der Waals surface area contributed by atoms with Gasteiger partial charge in [-0.25, -0.2) is 8.42 Å². The van der Waals surface area contributed by atoms with Crippen molar-refractivity contribution in [2.75, 3.05) is 26.2 Å². The van der Waals surface area contributed by atoms with Gasteiger partial charge in [-0.2, -0.15) is 4.31 Å². The van der Waals surface area contributed by atoms with Gasteiger partial charge in [0.05, 0.1) is 4.90 Å². The second-order valence-electron chi connectivity index (χ2n) is 7.19. The third kappa shape index (κ3) is 4.42. The number of hydrogen-bond donors (Lipinski definition) is 0. The van der Waals surface area contributed by atoms with E-state index in [1.54, 1.807) is 28.6 Å². The van der Waals surface area contributed by atoms with Crippen molar-refractivity contribution >= 4 is 15.9 Å². The molecule has 138 valence electrons. The summed E-state index contributed by atoms with van der Waals surface area (Å²) in [5.74, 6) is 0.570. The maximum atomic E-state index is 12.9. The van der Waals surface area contributed by atoms with Crippen molar-refractivity contribution < 1.29 is 13.2 Å². The highest BCUT2D eigenvalue weighted by Gasteiger charge is 2.29. The summed E-state index contributed by atoms with van der Waals surface area (Å²) in [5, 5.41) is 0. The van der Waals surface area contributed by atoms with Crippen LogP contribution in [0.1, 0.15) is 55.8 Å². The van der Waals surface area contributed by atoms with Crippen molar-refractivity contribution in [3.8, 4) is 0 Å². The second kappa shape index (κ2) is 7.87. The van der Waals surface area contributed by atoms with Crippen LogP contribution >= 0.6 is 0 Å². The number of carbonyl (C=O) groups is 1. The molecule has 1 aromatic carbocycles. The Bertz CT molecular complexity index is 707. The van der Waals surface area contributed by atoms with Crippen molar-refractivity contribution in [1.82, 2.24) is 9.21 Å². The predicted molar refractivity (Wildman–Crippen MR) is 98.0 cm³/mol. The normalized spacial score (nSPS) is 18.9. The molecule has 5 nitrogen and oxygen atoms in total. The van der Waals surface area contributed by atoms with Crippen LogP contribution in [0.5, 0.6) is 0 Å². The molecule has 0 N–H and O–H groups in total. The number of carbonyl (C=O) groups excluding carboxylic acids is 1. The average Bonchev–Trinajstić information content (AvgIpc) is 3.46. The highest BCUT2D eigenvalue weighted by molar-refractivity contribution is 7.89. The Hall–Kier alpha value is -1.40. The van der Waals surface area contributed by atoms with Crippen LogP contribution < -0.4 is 0 Å². The lowest BCUT2D eigenvalue weighted by molar-refractivity contribution is 0.0747. The summed E-state index contributed by atoms with van der Waals surface area (Å²) >= 11 is 0. The van der Waals surface area contributed by atoms with Crippen molar-refractivity contribution in [3.63, 3.8) is 0 Å². The summed E-state index contributed by atoms with van der Waals surface area (Å²) in [6.45, 7) is 4.72. The topological polar surface area (TPSA) is 57.7 Å². The molecule has 2 fully saturated rings. The molecule has 1 amide bonds. The number of hydrogen-bond acceptors (Lipinski definition) is 3. The lowest BCUT2D eigenvalue weighted by Crippen LogP contribution is -2.36. The smallest absolute Gasteiger partial charge is 0.253 e. The molecule has 0 radical (unpaired) electrons. The van der Waals surface area contributed by atoms with Crippen LogP contribution in [0.15, 0.2) is 29.2 Å². The van der Waals surface area contributed by atoms with Crippen LogP contribution in [0.3, 0.4) is 0 Å². The Kier molecular flexibility index (Phi) is 5.79. The van der Waals surface area contributed by atoms with Crippen molar-refractivity contribution in [2.45, 2.75) is 50.3 Å². The highest BCUT2D eigenvalue weighted by atomic mass is 32.2. The zero-order valence-electron chi connectivity index (χ0n) is 15.0. The molecule has 0 bridgehead atoms. The summed E-state index contributed by atoms with van der Waals surface area (Å²) in [6, 6.07) is 6.58. The van der Waals surface area contributed by atoms with E-state index in [9.17, 15) is 13.2 Å². The lowest BCUT2D eigenvalue weighted by Gasteiger charge is -2.26. The van der Waals surface area contributed by atoms with Gasteiger partial charge < -0.3 is 4.90 Å². The molecular formula is C19H28N2O3S. The van der Waals surface area contributed by atoms with Crippen molar-refractivity contribution in [2.24, 2.45) is 5.92 Å². The molecule has 1 aliphatic heterocycles. The van der Waals surface area contributed by atoms with E-state index in [-0.39, 0.29) is 10.8 Å². The zero-order valence-corrected chi connectivity index (χ0v) is 15.8. The summed E-state index contributed by atoms with van der Waals surface area (Å²) in [6.07, 6.45) is 6.18. The van der Waals surface area contributed by atoms with Gasteiger partial charge in [0.1, 0.15) is 0 Å². The summed E-state index contributed by atoms with van der Waals surface area (Å²) in [5.41, 5.74) is 0.479. The SMILES string of the molecule is CCCN(CC1CC1)C(=O)c1cccc(S(=O)(=O)N2CCCCC2)c1. The van der Waals surface area contributed by atoms with Crippen LogP contribution in [0.25, 0.3) is 0 Å². The van der Waals surface area contributed by atoms with Gasteiger partial charge in [-0.1, -0.05) is 19.4 Å². The second-order valence-corrected chi connectivity index (χ2v) is 9.13. The molecule has 0 spiro atoms. The van der Waals surface area contributed by atoms with Crippen molar-refractivity contribution in [3.05, 3.63) is 29.8 Å². The van der Waals surface area contributed by atoms with E-state index in [1.807, 2.05) is 4.90 Å². The molecule has 1 aromatic rings. The van der Waals surface area contributed by atoms with Gasteiger partial charge in [-0.3, -0.25) is 4.79 Å². The lowest BCUT2D eigenvalue weighted by atomic mass is 10.2. The number of rotatable bonds is 7. The van der Waals surface area contributed by atoms with Crippen LogP contribution in [-0.4, -0.2) is 49.7 Å². The Morgan fingerprint density at radius 2 is 1.92 bits per heavy atom. The first kappa shape index (κ1) is 18.4. The van der Waals surface area contributed by atoms with E-state index in [0.29, 0.717) is 24.6 Å². The maximum absolute atomic E-state index is 12.9. The molecule has 6 heteroatoms. The summed E-state index contributed by atoms with van der Waals surface area (Å²) in [4.78, 5) is 15.0. The third-order valence-electron chi connectivity index (χ3n) is 4.99. The van der Waals surface area contributed by atoms with Gasteiger partial charge in [0, 0.05) is 31.7 Å². The Labute approximate surface area is 151 Å². The minimum atomic E-state index is -3.50. The number of piperidine rings is 1. The number of amides is 1. The summed E-state index contributed by atoms with van der Waals surface area (Å²) < 4.78 is 27.2. The van der Waals surface area contributed by atoms with Gasteiger partial charge in [-0.15, -0.1) is 0 Å². The molecule has 2 aliphatic rings. The molecule has 25 heavy (non-hydrogen) atoms. The molecular weight excluding hydrogens is 336 g/mol. The van der Waals surface area contributed by atoms with Crippen LogP contribution in [0.4, 0.5) is 0 Å². The molecule has 1 saturated carbocycles. The molecule has 1 aliphatic carbocycles. The molecule has 0 unspecified atom stereocenters. The van der Waals surface area contributed by atoms with E-state index in [2.05, 4.69) is 6.92 Å². The summed E-state index contributed by atoms with van der Waals surface area (Å²) in [7, 11) is -3.50. The largest absolute Gasteiger partial charge is 0.338 e. The quantitative estimate of drug-likeness (QED) is 0.747. The first-order valence-electron chi connectivity index (χ1n) is 9.42. The molecule has 0 aromatic heterocycles. The van der Waals surface area contributed by atoms with Gasteiger partial charge in [0.15, 0.2) is 0 Å². The number of benzene rings is 1. The Morgan fingerprint density at radius 3 is 2.56 bits per heavy atom. The van der Waals surface area contributed by atoms with E-state index in [1.165, 1.54) is 12.8 Å². The number of nitrogens with zero attached hydrogens (tertiary/aromatic N) is 2. The average molecular weight is 365 g/mol. The Morgan fingerprint density at radius 1 is 1.20 bits per heavy atom. The van der Waals surface area contributed by atoms with E-state index >= 15 is 0 Å². The first-order valence-corrected chi connectivity index (χ1v) is 10.9. The van der Waals surface area contributed by atoms with Crippen molar-refractivity contribution in [1.29, 1.82) is 0 Å². The Balaban J connectivity index is 1.80. The third-order valence-corrected chi connectivity index (χ3v) is 6.88. The van der Waals surface area contributed by atoms with Crippen LogP contribution in [0.2, 0.25) is 0 Å². The van der Waals surface area contributed by atoms with Gasteiger partial charge in [0.2, 0.25) is 10.0 Å². The first-order chi connectivity index (χ1) is 12.0. The fraction of sp³-hybridized carbons (Fsp3) is 0.632. The maximum Gasteiger partial charge on any atom is 0.253 e. The fourth-order valence-electron chi connectivity index (χ4n) is 3.38. The van der Waals surface area contributed by atoms with E-state index in [0.717, 1.165) is 38.8 Å².